The lowest BCUT2D eigenvalue weighted by Gasteiger charge is -2.41. The molecule has 6 N–H and O–H groups in total. The number of aromatic nitrogens is 12. The molecule has 0 aliphatic carbocycles. The van der Waals surface area contributed by atoms with Crippen LogP contribution >= 0.6 is 34.8 Å². The molecule has 3 aliphatic heterocycles. The summed E-state index contributed by atoms with van der Waals surface area (Å²) in [5.41, 5.74) is 3.36. The molecule has 0 spiro atoms. The number of halogens is 12. The number of hydrogen-bond donors (Lipinski definition) is 6. The van der Waals surface area contributed by atoms with Crippen molar-refractivity contribution in [2.24, 2.45) is 11.3 Å². The van der Waals surface area contributed by atoms with E-state index >= 15 is 0 Å². The van der Waals surface area contributed by atoms with Crippen LogP contribution in [0.3, 0.4) is 0 Å². The Kier molecular flexibility index (Phi) is 24.8. The number of pyridine rings is 3. The molecular formula is C68H74Cl3F9N22O6. The van der Waals surface area contributed by atoms with Crippen LogP contribution in [0.4, 0.5) is 61.8 Å². The van der Waals surface area contributed by atoms with Crippen molar-refractivity contribution in [1.29, 1.82) is 0 Å². The topological polar surface area (TPSA) is 325 Å². The molecular weight excluding hydrogens is 1500 g/mol. The quantitative estimate of drug-likeness (QED) is 0.0520. The van der Waals surface area contributed by atoms with Gasteiger partial charge in [0.05, 0.1) is 34.7 Å². The number of piperazine rings is 3. The molecule has 3 atom stereocenters. The van der Waals surface area contributed by atoms with E-state index in [9.17, 15) is 68.3 Å². The Hall–Kier alpha value is -10.4. The van der Waals surface area contributed by atoms with Crippen LogP contribution in [0.25, 0.3) is 67.3 Å². The Morgan fingerprint density at radius 2 is 0.806 bits per heavy atom. The predicted molar refractivity (Wildman–Crippen MR) is 384 cm³/mol. The normalized spacial score (nSPS) is 16.6. The molecule has 12 rings (SSSR count). The van der Waals surface area contributed by atoms with Crippen LogP contribution in [0.5, 0.6) is 0 Å². The minimum Gasteiger partial charge on any atom is -0.345 e. The first-order valence-electron chi connectivity index (χ1n) is 33.6. The molecule has 0 bridgehead atoms. The Morgan fingerprint density at radius 3 is 1.11 bits per heavy atom. The van der Waals surface area contributed by atoms with Gasteiger partial charge >= 0.3 is 24.6 Å². The van der Waals surface area contributed by atoms with Gasteiger partial charge in [0.25, 0.3) is 0 Å². The fourth-order valence-electron chi connectivity index (χ4n) is 12.1. The Morgan fingerprint density at radius 1 is 0.491 bits per heavy atom. The van der Waals surface area contributed by atoms with Crippen LogP contribution in [0.2, 0.25) is 15.1 Å². The zero-order chi connectivity index (χ0) is 78.3. The van der Waals surface area contributed by atoms with Crippen LogP contribution in [0, 0.1) is 11.3 Å². The predicted octanol–water partition coefficient (Wildman–Crippen LogP) is 9.74. The van der Waals surface area contributed by atoms with Gasteiger partial charge in [-0.05, 0) is 47.7 Å². The van der Waals surface area contributed by atoms with E-state index in [1.807, 2.05) is 50.6 Å². The number of anilines is 3. The summed E-state index contributed by atoms with van der Waals surface area (Å²) >= 11 is 18.3. The number of rotatable bonds is 15. The molecule has 3 aliphatic rings. The number of amides is 7. The maximum Gasteiger partial charge on any atom is 0.405 e. The van der Waals surface area contributed by atoms with Gasteiger partial charge in [0, 0.05) is 155 Å². The van der Waals surface area contributed by atoms with Crippen molar-refractivity contribution < 1.29 is 68.3 Å². The Labute approximate surface area is 625 Å². The van der Waals surface area contributed by atoms with Gasteiger partial charge in [-0.25, -0.2) is 49.7 Å². The maximum absolute atomic E-state index is 12.9. The standard InChI is InChI=1S/C24H27ClF3N7O2.C23H25ClF3N7O2.C21H22ClF3N8O2/c1-23(2,3)9-19(36)34-6-7-35(17(12-34)22(37)32-13-24(26,27)28)18-4-5-29-21(33-18)16-11-31-20-15(16)8-14(25)10-30-20;1-13(2)7-19(35)33-5-6-34(17(11-33)22(36)31-12-23(25,26)27)18-3-4-28-21(32-18)16-10-30-20-15(16)8-14(24)9-29-20;1-31(2)20(35)32-5-6-33(15(10-32)19(34)29-11-21(23,24)25)16-3-4-26-18(30-16)14-9-28-17-13(14)7-12(22)8-27-17/h4-5,8,10-11,17H,6-7,9,12-13H2,1-3H3,(H,30,31)(H,32,37);3-4,8-10,13,17H,5-7,11-12H2,1-2H3,(H,29,30)(H,31,36);3-4,7-9,15H,5-6,10-11H2,1-2H3,(H,27,28)(H,29,34)/t2*17-;15-/m111/s1. The lowest BCUT2D eigenvalue weighted by molar-refractivity contribution is -0.141. The molecule has 3 saturated heterocycles. The largest absolute Gasteiger partial charge is 0.405 e. The number of carbonyl (C=O) groups excluding carboxylic acids is 6. The zero-order valence-electron chi connectivity index (χ0n) is 59.0. The third kappa shape index (κ3) is 20.6. The number of alkyl halides is 9. The van der Waals surface area contributed by atoms with E-state index in [4.69, 9.17) is 34.8 Å². The van der Waals surface area contributed by atoms with Crippen molar-refractivity contribution >= 4 is 121 Å². The lowest BCUT2D eigenvalue weighted by Crippen LogP contribution is -2.62. The summed E-state index contributed by atoms with van der Waals surface area (Å²) in [4.78, 5) is 136. The number of fused-ring (bicyclic) bond motifs is 3. The van der Waals surface area contributed by atoms with Gasteiger partial charge in [0.15, 0.2) is 17.5 Å². The van der Waals surface area contributed by atoms with Crippen molar-refractivity contribution in [1.82, 2.24) is 95.4 Å². The molecule has 3 fully saturated rings. The molecule has 12 heterocycles. The number of carbonyl (C=O) groups is 6. The van der Waals surface area contributed by atoms with E-state index in [1.54, 1.807) is 83.8 Å². The first-order chi connectivity index (χ1) is 50.8. The molecule has 108 heavy (non-hydrogen) atoms. The van der Waals surface area contributed by atoms with Crippen LogP contribution in [0.1, 0.15) is 47.5 Å². The highest BCUT2D eigenvalue weighted by atomic mass is 35.5. The van der Waals surface area contributed by atoms with Crippen LogP contribution in [-0.4, -0.2) is 244 Å². The first kappa shape index (κ1) is 80.1. The van der Waals surface area contributed by atoms with Crippen LogP contribution < -0.4 is 30.7 Å². The van der Waals surface area contributed by atoms with Crippen molar-refractivity contribution in [3.8, 4) is 34.2 Å². The molecule has 0 radical (unpaired) electrons. The van der Waals surface area contributed by atoms with Crippen molar-refractivity contribution in [3.05, 3.63) is 107 Å². The average Bonchev–Trinajstić information content (AvgIpc) is 1.43. The molecule has 0 aromatic carbocycles. The summed E-state index contributed by atoms with van der Waals surface area (Å²) in [6.07, 6.45) is 0.908. The fraction of sp³-hybridized carbons (Fsp3) is 0.426. The summed E-state index contributed by atoms with van der Waals surface area (Å²) in [6, 6.07) is 6.33. The van der Waals surface area contributed by atoms with E-state index in [-0.39, 0.29) is 87.8 Å². The smallest absolute Gasteiger partial charge is 0.345 e. The molecule has 0 unspecified atom stereocenters. The number of aromatic amines is 3. The molecule has 9 aromatic heterocycles. The zero-order valence-corrected chi connectivity index (χ0v) is 61.3. The Bertz CT molecular complexity index is 4740. The lowest BCUT2D eigenvalue weighted by atomic mass is 9.91. The minimum atomic E-state index is -4.57. The Balaban J connectivity index is 0.000000173. The number of nitrogens with one attached hydrogen (secondary N) is 6. The van der Waals surface area contributed by atoms with Gasteiger partial charge in [-0.1, -0.05) is 69.4 Å². The van der Waals surface area contributed by atoms with E-state index in [0.29, 0.717) is 113 Å². The number of hydrogen-bond acceptors (Lipinski definition) is 18. The van der Waals surface area contributed by atoms with Crippen LogP contribution in [-0.2, 0) is 24.0 Å². The molecule has 0 saturated carbocycles. The minimum absolute atomic E-state index is 0.0544. The maximum atomic E-state index is 12.9. The van der Waals surface area contributed by atoms with Crippen molar-refractivity contribution in [2.45, 2.75) is 84.1 Å². The van der Waals surface area contributed by atoms with E-state index in [1.165, 1.54) is 56.8 Å². The third-order valence-corrected chi connectivity index (χ3v) is 17.7. The van der Waals surface area contributed by atoms with Gasteiger partial charge in [0.1, 0.15) is 72.2 Å². The number of nitrogens with zero attached hydrogens (tertiary/aromatic N) is 16. The fourth-order valence-corrected chi connectivity index (χ4v) is 12.6. The van der Waals surface area contributed by atoms with Gasteiger partial charge in [-0.15, -0.1) is 0 Å². The second-order valence-electron chi connectivity index (χ2n) is 27.2. The highest BCUT2D eigenvalue weighted by Gasteiger charge is 2.42. The summed E-state index contributed by atoms with van der Waals surface area (Å²) in [7, 11) is 3.12. The second-order valence-corrected chi connectivity index (χ2v) is 28.5. The molecule has 9 aromatic rings. The molecule has 28 nitrogen and oxygen atoms in total. The number of H-pyrrole nitrogens is 3. The highest BCUT2D eigenvalue weighted by Crippen LogP contribution is 2.34. The van der Waals surface area contributed by atoms with E-state index in [0.717, 1.165) is 0 Å². The van der Waals surface area contributed by atoms with Crippen LogP contribution in [0.15, 0.2) is 92.2 Å². The summed E-state index contributed by atoms with van der Waals surface area (Å²) < 4.78 is 115. The second kappa shape index (κ2) is 33.4. The van der Waals surface area contributed by atoms with Gasteiger partial charge in [-0.2, -0.15) is 39.5 Å². The van der Waals surface area contributed by atoms with Gasteiger partial charge in [0.2, 0.25) is 29.5 Å². The summed E-state index contributed by atoms with van der Waals surface area (Å²) in [5.74, 6) is -0.717. The monoisotopic (exact) mass is 1570 g/mol. The van der Waals surface area contributed by atoms with Gasteiger partial charge < -0.3 is 65.2 Å². The van der Waals surface area contributed by atoms with Gasteiger partial charge in [-0.3, -0.25) is 24.0 Å². The first-order valence-corrected chi connectivity index (χ1v) is 34.7. The van der Waals surface area contributed by atoms with E-state index < -0.39 is 74.0 Å². The van der Waals surface area contributed by atoms with Crippen molar-refractivity contribution in [3.63, 3.8) is 0 Å². The van der Waals surface area contributed by atoms with E-state index in [2.05, 4.69) is 59.8 Å². The highest BCUT2D eigenvalue weighted by molar-refractivity contribution is 6.32. The summed E-state index contributed by atoms with van der Waals surface area (Å²) in [5, 5.41) is 9.21. The van der Waals surface area contributed by atoms with Crippen molar-refractivity contribution in [2.75, 3.05) is 107 Å². The SMILES string of the molecule is CC(C)(C)CC(=O)N1CCN(c2ccnc(-c3c[nH]c4ncc(Cl)cc34)n2)[C@@H](C(=O)NCC(F)(F)F)C1.CC(C)CC(=O)N1CCN(c2ccnc(-c3c[nH]c4ncc(Cl)cc34)n2)[C@@H](C(=O)NCC(F)(F)F)C1.CN(C)C(=O)N1CCN(c2ccnc(-c3c[nH]c4ncc(Cl)cc34)n2)[C@@H](C(=O)NCC(F)(F)F)C1. The molecule has 576 valence electrons. The third-order valence-electron chi connectivity index (χ3n) is 17.1. The summed E-state index contributed by atoms with van der Waals surface area (Å²) in [6.45, 7) is 6.39. The molecule has 7 amide bonds. The average molecular weight is 1570 g/mol. The molecule has 40 heteroatoms. The number of urea groups is 1.